The SMILES string of the molecule is CCOc1ccc(NC(=O)[C@H](C)OC(=O)c2cc3c(s2)CCC3)cc1. The molecule has 5 nitrogen and oxygen atoms in total. The van der Waals surface area contributed by atoms with E-state index in [0.717, 1.165) is 25.0 Å². The average Bonchev–Trinajstić information content (AvgIpc) is 3.18. The molecule has 0 saturated heterocycles. The third-order valence-corrected chi connectivity index (χ3v) is 5.25. The Balaban J connectivity index is 1.55. The van der Waals surface area contributed by atoms with E-state index >= 15 is 0 Å². The van der Waals surface area contributed by atoms with Crippen molar-refractivity contribution >= 4 is 28.9 Å². The van der Waals surface area contributed by atoms with Gasteiger partial charge in [0.15, 0.2) is 6.10 Å². The third-order valence-electron chi connectivity index (χ3n) is 4.03. The van der Waals surface area contributed by atoms with Crippen LogP contribution in [0, 0.1) is 0 Å². The molecule has 6 heteroatoms. The molecule has 0 saturated carbocycles. The van der Waals surface area contributed by atoms with E-state index in [9.17, 15) is 9.59 Å². The second kappa shape index (κ2) is 7.70. The van der Waals surface area contributed by atoms with Crippen molar-refractivity contribution in [3.05, 3.63) is 45.6 Å². The van der Waals surface area contributed by atoms with Crippen LogP contribution in [0.15, 0.2) is 30.3 Å². The van der Waals surface area contributed by atoms with E-state index in [1.165, 1.54) is 21.8 Å². The summed E-state index contributed by atoms with van der Waals surface area (Å²) in [6.45, 7) is 4.07. The highest BCUT2D eigenvalue weighted by atomic mass is 32.1. The van der Waals surface area contributed by atoms with Gasteiger partial charge in [-0.1, -0.05) is 0 Å². The Morgan fingerprint density at radius 1 is 1.24 bits per heavy atom. The molecule has 1 aliphatic rings. The summed E-state index contributed by atoms with van der Waals surface area (Å²) >= 11 is 1.47. The minimum atomic E-state index is -0.865. The smallest absolute Gasteiger partial charge is 0.349 e. The molecule has 1 N–H and O–H groups in total. The van der Waals surface area contributed by atoms with Crippen molar-refractivity contribution in [1.82, 2.24) is 0 Å². The van der Waals surface area contributed by atoms with E-state index in [4.69, 9.17) is 9.47 Å². The summed E-state index contributed by atoms with van der Waals surface area (Å²) < 4.78 is 10.7. The standard InChI is InChI=1S/C19H21NO4S/c1-3-23-15-9-7-14(8-10-15)20-18(21)12(2)24-19(22)17-11-13-5-4-6-16(13)25-17/h7-12H,3-6H2,1-2H3,(H,20,21)/t12-/m0/s1. The Bertz CT molecular complexity index is 745. The van der Waals surface area contributed by atoms with Crippen LogP contribution in [0.5, 0.6) is 5.75 Å². The highest BCUT2D eigenvalue weighted by Crippen LogP contribution is 2.31. The Hall–Kier alpha value is -2.34. The first-order valence-electron chi connectivity index (χ1n) is 8.43. The number of esters is 1. The summed E-state index contributed by atoms with van der Waals surface area (Å²) in [5, 5.41) is 2.74. The van der Waals surface area contributed by atoms with Crippen molar-refractivity contribution in [1.29, 1.82) is 0 Å². The van der Waals surface area contributed by atoms with Gasteiger partial charge < -0.3 is 14.8 Å². The summed E-state index contributed by atoms with van der Waals surface area (Å²) in [5.74, 6) is -0.0546. The molecule has 1 aromatic heterocycles. The lowest BCUT2D eigenvalue weighted by Crippen LogP contribution is -2.29. The summed E-state index contributed by atoms with van der Waals surface area (Å²) in [5.41, 5.74) is 1.87. The molecule has 1 aromatic carbocycles. The highest BCUT2D eigenvalue weighted by Gasteiger charge is 2.23. The highest BCUT2D eigenvalue weighted by molar-refractivity contribution is 7.14. The Kier molecular flexibility index (Phi) is 5.38. The van der Waals surface area contributed by atoms with Crippen molar-refractivity contribution in [2.45, 2.75) is 39.2 Å². The lowest BCUT2D eigenvalue weighted by molar-refractivity contribution is -0.123. The fourth-order valence-corrected chi connectivity index (χ4v) is 3.88. The molecular weight excluding hydrogens is 338 g/mol. The van der Waals surface area contributed by atoms with Crippen LogP contribution in [0.4, 0.5) is 5.69 Å². The number of anilines is 1. The van der Waals surface area contributed by atoms with Gasteiger partial charge in [-0.05, 0) is 69.0 Å². The molecule has 132 valence electrons. The summed E-state index contributed by atoms with van der Waals surface area (Å²) in [4.78, 5) is 26.3. The minimum absolute atomic E-state index is 0.360. The molecule has 0 spiro atoms. The van der Waals surface area contributed by atoms with Crippen molar-refractivity contribution in [3.63, 3.8) is 0 Å². The fourth-order valence-electron chi connectivity index (χ4n) is 2.75. The van der Waals surface area contributed by atoms with Crippen LogP contribution in [0.25, 0.3) is 0 Å². The third kappa shape index (κ3) is 4.20. The van der Waals surface area contributed by atoms with Gasteiger partial charge in [-0.15, -0.1) is 11.3 Å². The molecule has 1 aliphatic carbocycles. The van der Waals surface area contributed by atoms with E-state index < -0.39 is 12.1 Å². The van der Waals surface area contributed by atoms with Gasteiger partial charge in [0.05, 0.1) is 6.61 Å². The molecule has 0 fully saturated rings. The van der Waals surface area contributed by atoms with E-state index in [0.29, 0.717) is 17.2 Å². The summed E-state index contributed by atoms with van der Waals surface area (Å²) in [6.07, 6.45) is 2.33. The normalized spacial score (nSPS) is 13.8. The predicted molar refractivity (Wildman–Crippen MR) is 97.5 cm³/mol. The second-order valence-electron chi connectivity index (χ2n) is 5.91. The van der Waals surface area contributed by atoms with Crippen LogP contribution in [-0.2, 0) is 22.4 Å². The maximum absolute atomic E-state index is 12.2. The van der Waals surface area contributed by atoms with E-state index in [1.807, 2.05) is 13.0 Å². The van der Waals surface area contributed by atoms with Crippen LogP contribution in [0.1, 0.15) is 40.4 Å². The number of nitrogens with one attached hydrogen (secondary N) is 1. The van der Waals surface area contributed by atoms with Crippen LogP contribution in [-0.4, -0.2) is 24.6 Å². The van der Waals surface area contributed by atoms with E-state index in [-0.39, 0.29) is 5.91 Å². The number of benzene rings is 1. The number of carbonyl (C=O) groups excluding carboxylic acids is 2. The number of aryl methyl sites for hydroxylation is 2. The second-order valence-corrected chi connectivity index (χ2v) is 7.04. The maximum Gasteiger partial charge on any atom is 0.349 e. The number of carbonyl (C=O) groups is 2. The summed E-state index contributed by atoms with van der Waals surface area (Å²) in [7, 11) is 0. The number of hydrogen-bond donors (Lipinski definition) is 1. The van der Waals surface area contributed by atoms with Crippen molar-refractivity contribution in [2.75, 3.05) is 11.9 Å². The molecule has 0 aliphatic heterocycles. The van der Waals surface area contributed by atoms with Crippen LogP contribution in [0.2, 0.25) is 0 Å². The number of ether oxygens (including phenoxy) is 2. The zero-order valence-electron chi connectivity index (χ0n) is 14.3. The predicted octanol–water partition coefficient (Wildman–Crippen LogP) is 3.82. The van der Waals surface area contributed by atoms with Gasteiger partial charge in [0.1, 0.15) is 10.6 Å². The molecule has 1 heterocycles. The molecule has 1 amide bonds. The maximum atomic E-state index is 12.2. The van der Waals surface area contributed by atoms with E-state index in [1.54, 1.807) is 31.2 Å². The first kappa shape index (κ1) is 17.5. The molecule has 3 rings (SSSR count). The van der Waals surface area contributed by atoms with Gasteiger partial charge in [0.2, 0.25) is 0 Å². The van der Waals surface area contributed by atoms with Gasteiger partial charge in [-0.3, -0.25) is 4.79 Å². The number of rotatable bonds is 6. The molecule has 1 atom stereocenters. The number of amides is 1. The molecule has 0 unspecified atom stereocenters. The van der Waals surface area contributed by atoms with Gasteiger partial charge >= 0.3 is 5.97 Å². The number of fused-ring (bicyclic) bond motifs is 1. The minimum Gasteiger partial charge on any atom is -0.494 e. The topological polar surface area (TPSA) is 64.6 Å². The van der Waals surface area contributed by atoms with Crippen molar-refractivity contribution in [3.8, 4) is 5.75 Å². The molecule has 2 aromatic rings. The van der Waals surface area contributed by atoms with Crippen LogP contribution < -0.4 is 10.1 Å². The first-order chi connectivity index (χ1) is 12.1. The summed E-state index contributed by atoms with van der Waals surface area (Å²) in [6, 6.07) is 8.96. The van der Waals surface area contributed by atoms with Crippen molar-refractivity contribution in [2.24, 2.45) is 0 Å². The largest absolute Gasteiger partial charge is 0.494 e. The molecule has 25 heavy (non-hydrogen) atoms. The number of thiophene rings is 1. The van der Waals surface area contributed by atoms with Crippen LogP contribution in [0.3, 0.4) is 0 Å². The molecule has 0 radical (unpaired) electrons. The Morgan fingerprint density at radius 3 is 2.68 bits per heavy atom. The van der Waals surface area contributed by atoms with Gasteiger partial charge in [0.25, 0.3) is 5.91 Å². The van der Waals surface area contributed by atoms with Gasteiger partial charge in [-0.2, -0.15) is 0 Å². The average molecular weight is 359 g/mol. The first-order valence-corrected chi connectivity index (χ1v) is 9.24. The van der Waals surface area contributed by atoms with Gasteiger partial charge in [-0.25, -0.2) is 4.79 Å². The van der Waals surface area contributed by atoms with Crippen LogP contribution >= 0.6 is 11.3 Å². The Morgan fingerprint density at radius 2 is 2.00 bits per heavy atom. The monoisotopic (exact) mass is 359 g/mol. The van der Waals surface area contributed by atoms with E-state index in [2.05, 4.69) is 5.32 Å². The zero-order valence-corrected chi connectivity index (χ0v) is 15.2. The van der Waals surface area contributed by atoms with Gasteiger partial charge in [0, 0.05) is 10.6 Å². The molecular formula is C19H21NO4S. The quantitative estimate of drug-likeness (QED) is 0.797. The Labute approximate surface area is 151 Å². The van der Waals surface area contributed by atoms with Crippen molar-refractivity contribution < 1.29 is 19.1 Å². The zero-order chi connectivity index (χ0) is 17.8. The number of hydrogen-bond acceptors (Lipinski definition) is 5. The molecule has 0 bridgehead atoms. The lowest BCUT2D eigenvalue weighted by Gasteiger charge is -2.13. The lowest BCUT2D eigenvalue weighted by atomic mass is 10.2. The fraction of sp³-hybridized carbons (Fsp3) is 0.368.